The molecule has 0 aliphatic carbocycles. The molecule has 0 amide bonds. The third kappa shape index (κ3) is 11.2. The lowest BCUT2D eigenvalue weighted by atomic mass is 9.67. The minimum atomic E-state index is -1.15. The van der Waals surface area contributed by atoms with Gasteiger partial charge in [-0.05, 0) is 36.3 Å². The predicted molar refractivity (Wildman–Crippen MR) is 147 cm³/mol. The van der Waals surface area contributed by atoms with Crippen LogP contribution in [0.5, 0.6) is 0 Å². The van der Waals surface area contributed by atoms with Crippen molar-refractivity contribution < 1.29 is 19.8 Å². The van der Waals surface area contributed by atoms with E-state index in [4.69, 9.17) is 0 Å². The molecule has 1 aromatic carbocycles. The maximum absolute atomic E-state index is 12.4. The second-order valence-corrected chi connectivity index (χ2v) is 10.5. The van der Waals surface area contributed by atoms with Crippen LogP contribution < -0.4 is 0 Å². The molecule has 0 aliphatic heterocycles. The number of carboxylic acids is 2. The molecule has 0 atom stereocenters. The molecular weight excluding hydrogens is 436 g/mol. The molecule has 1 rings (SSSR count). The van der Waals surface area contributed by atoms with Gasteiger partial charge >= 0.3 is 11.9 Å². The van der Waals surface area contributed by atoms with E-state index in [9.17, 15) is 19.8 Å². The van der Waals surface area contributed by atoms with Crippen LogP contribution >= 0.6 is 0 Å². The van der Waals surface area contributed by atoms with Crippen molar-refractivity contribution in [1.29, 1.82) is 0 Å². The molecule has 1 aromatic rings. The summed E-state index contributed by atoms with van der Waals surface area (Å²) in [6.07, 6.45) is 21.8. The zero-order valence-corrected chi connectivity index (χ0v) is 22.9. The highest BCUT2D eigenvalue weighted by molar-refractivity contribution is 6.03. The summed E-state index contributed by atoms with van der Waals surface area (Å²) in [7, 11) is 0. The third-order valence-corrected chi connectivity index (χ3v) is 7.61. The number of hydrogen-bond donors (Lipinski definition) is 2. The first-order valence-corrected chi connectivity index (χ1v) is 14.5. The number of benzene rings is 1. The van der Waals surface area contributed by atoms with Crippen molar-refractivity contribution in [3.05, 3.63) is 34.9 Å². The molecule has 0 saturated carbocycles. The molecule has 0 saturated heterocycles. The lowest BCUT2D eigenvalue weighted by Gasteiger charge is -2.37. The van der Waals surface area contributed by atoms with Gasteiger partial charge in [0.05, 0.1) is 11.1 Å². The van der Waals surface area contributed by atoms with Gasteiger partial charge < -0.3 is 10.2 Å². The maximum atomic E-state index is 12.4. The Morgan fingerprint density at radius 2 is 1.00 bits per heavy atom. The third-order valence-electron chi connectivity index (χ3n) is 7.61. The molecule has 0 radical (unpaired) electrons. The number of rotatable bonds is 22. The second kappa shape index (κ2) is 18.4. The van der Waals surface area contributed by atoms with E-state index in [1.165, 1.54) is 70.3 Å². The molecule has 0 fully saturated rings. The minimum absolute atomic E-state index is 0.0214. The summed E-state index contributed by atoms with van der Waals surface area (Å²) in [5, 5.41) is 19.9. The molecule has 0 spiro atoms. The summed E-state index contributed by atoms with van der Waals surface area (Å²) in [5.74, 6) is -2.26. The van der Waals surface area contributed by atoms with E-state index in [1.54, 1.807) is 6.07 Å². The number of hydrogen-bond acceptors (Lipinski definition) is 2. The first-order chi connectivity index (χ1) is 16.9. The van der Waals surface area contributed by atoms with Gasteiger partial charge in [0.1, 0.15) is 0 Å². The van der Waals surface area contributed by atoms with Crippen LogP contribution in [0.1, 0.15) is 169 Å². The van der Waals surface area contributed by atoms with E-state index in [1.807, 2.05) is 6.07 Å². The van der Waals surface area contributed by atoms with E-state index in [2.05, 4.69) is 20.8 Å². The van der Waals surface area contributed by atoms with E-state index in [0.29, 0.717) is 0 Å². The summed E-state index contributed by atoms with van der Waals surface area (Å²) in [6, 6.07) is 5.13. The number of carboxylic acid groups (broad SMARTS) is 2. The first kappa shape index (κ1) is 31.2. The molecule has 200 valence electrons. The average molecular weight is 489 g/mol. The van der Waals surface area contributed by atoms with Crippen LogP contribution in [0.3, 0.4) is 0 Å². The Labute approximate surface area is 214 Å². The summed E-state index contributed by atoms with van der Waals surface area (Å²) in [6.45, 7) is 6.66. The van der Waals surface area contributed by atoms with Crippen molar-refractivity contribution >= 4 is 11.9 Å². The quantitative estimate of drug-likeness (QED) is 0.159. The van der Waals surface area contributed by atoms with Gasteiger partial charge in [-0.15, -0.1) is 0 Å². The molecular formula is C31H52O4. The van der Waals surface area contributed by atoms with E-state index in [-0.39, 0.29) is 16.5 Å². The molecule has 0 heterocycles. The second-order valence-electron chi connectivity index (χ2n) is 10.5. The SMILES string of the molecule is CCCCCCCCC(CCCCCCC)(CCCCCCC)c1cccc(C(=O)O)c1C(=O)O. The molecule has 0 bridgehead atoms. The standard InChI is InChI=1S/C31H52O4/c1-4-7-10-13-16-19-25-31(23-17-14-11-8-5-2,24-18-15-12-9-6-3)27-22-20-21-26(29(32)33)28(27)30(34)35/h20-22H,4-19,23-25H2,1-3H3,(H,32,33)(H,34,35). The predicted octanol–water partition coefficient (Wildman–Crippen LogP) is 9.79. The fraction of sp³-hybridized carbons (Fsp3) is 0.742. The van der Waals surface area contributed by atoms with Crippen molar-refractivity contribution in [2.45, 2.75) is 148 Å². The first-order valence-electron chi connectivity index (χ1n) is 14.5. The van der Waals surface area contributed by atoms with Crippen molar-refractivity contribution in [2.24, 2.45) is 0 Å². The molecule has 35 heavy (non-hydrogen) atoms. The van der Waals surface area contributed by atoms with Crippen LogP contribution in [-0.2, 0) is 5.41 Å². The number of unbranched alkanes of at least 4 members (excludes halogenated alkanes) is 13. The van der Waals surface area contributed by atoms with Crippen LogP contribution in [0.2, 0.25) is 0 Å². The monoisotopic (exact) mass is 488 g/mol. The lowest BCUT2D eigenvalue weighted by molar-refractivity contribution is 0.0648. The van der Waals surface area contributed by atoms with Crippen LogP contribution in [0.15, 0.2) is 18.2 Å². The maximum Gasteiger partial charge on any atom is 0.336 e. The summed E-state index contributed by atoms with van der Waals surface area (Å²) < 4.78 is 0. The Morgan fingerprint density at radius 1 is 0.600 bits per heavy atom. The molecule has 4 nitrogen and oxygen atoms in total. The molecule has 4 heteroatoms. The van der Waals surface area contributed by atoms with Gasteiger partial charge in [-0.2, -0.15) is 0 Å². The number of carbonyl (C=O) groups is 2. The molecule has 0 aromatic heterocycles. The van der Waals surface area contributed by atoms with Gasteiger partial charge in [-0.1, -0.05) is 136 Å². The molecule has 0 unspecified atom stereocenters. The Kier molecular flexibility index (Phi) is 16.4. The van der Waals surface area contributed by atoms with Gasteiger partial charge in [0, 0.05) is 0 Å². The largest absolute Gasteiger partial charge is 0.478 e. The zero-order valence-electron chi connectivity index (χ0n) is 22.9. The minimum Gasteiger partial charge on any atom is -0.478 e. The molecule has 2 N–H and O–H groups in total. The zero-order chi connectivity index (χ0) is 25.9. The Balaban J connectivity index is 3.30. The van der Waals surface area contributed by atoms with Gasteiger partial charge in [0.2, 0.25) is 0 Å². The Bertz CT molecular complexity index is 711. The Hall–Kier alpha value is -1.84. The fourth-order valence-corrected chi connectivity index (χ4v) is 5.56. The van der Waals surface area contributed by atoms with Gasteiger partial charge in [-0.3, -0.25) is 0 Å². The summed E-state index contributed by atoms with van der Waals surface area (Å²) >= 11 is 0. The molecule has 0 aliphatic rings. The highest BCUT2D eigenvalue weighted by atomic mass is 16.4. The van der Waals surface area contributed by atoms with E-state index in [0.717, 1.165) is 63.4 Å². The number of aromatic carboxylic acids is 2. The van der Waals surface area contributed by atoms with Crippen LogP contribution in [0.25, 0.3) is 0 Å². The van der Waals surface area contributed by atoms with Gasteiger partial charge in [-0.25, -0.2) is 9.59 Å². The van der Waals surface area contributed by atoms with Gasteiger partial charge in [0.15, 0.2) is 0 Å². The highest BCUT2D eigenvalue weighted by Crippen LogP contribution is 2.43. The average Bonchev–Trinajstić information content (AvgIpc) is 2.84. The van der Waals surface area contributed by atoms with Crippen molar-refractivity contribution in [1.82, 2.24) is 0 Å². The summed E-state index contributed by atoms with van der Waals surface area (Å²) in [4.78, 5) is 24.4. The normalized spacial score (nSPS) is 11.6. The van der Waals surface area contributed by atoms with E-state index < -0.39 is 11.9 Å². The summed E-state index contributed by atoms with van der Waals surface area (Å²) in [5.41, 5.74) is 0.458. The van der Waals surface area contributed by atoms with E-state index >= 15 is 0 Å². The van der Waals surface area contributed by atoms with Crippen LogP contribution in [0.4, 0.5) is 0 Å². The van der Waals surface area contributed by atoms with Crippen molar-refractivity contribution in [3.63, 3.8) is 0 Å². The van der Waals surface area contributed by atoms with Crippen molar-refractivity contribution in [3.8, 4) is 0 Å². The fourth-order valence-electron chi connectivity index (χ4n) is 5.56. The topological polar surface area (TPSA) is 74.6 Å². The van der Waals surface area contributed by atoms with Gasteiger partial charge in [0.25, 0.3) is 0 Å². The van der Waals surface area contributed by atoms with Crippen LogP contribution in [-0.4, -0.2) is 22.2 Å². The highest BCUT2D eigenvalue weighted by Gasteiger charge is 2.36. The van der Waals surface area contributed by atoms with Crippen molar-refractivity contribution in [2.75, 3.05) is 0 Å². The Morgan fingerprint density at radius 3 is 1.37 bits per heavy atom. The lowest BCUT2D eigenvalue weighted by Crippen LogP contribution is -2.30. The van der Waals surface area contributed by atoms with Crippen LogP contribution in [0, 0.1) is 0 Å². The smallest absolute Gasteiger partial charge is 0.336 e.